The maximum atomic E-state index is 11.0. The highest BCUT2D eigenvalue weighted by atomic mass is 16.4. The van der Waals surface area contributed by atoms with Crippen molar-refractivity contribution in [3.8, 4) is 0 Å². The van der Waals surface area contributed by atoms with Gasteiger partial charge in [-0.1, -0.05) is 20.4 Å². The van der Waals surface area contributed by atoms with Crippen LogP contribution >= 0.6 is 0 Å². The molecule has 0 fully saturated rings. The maximum absolute atomic E-state index is 11.0. The second-order valence-electron chi connectivity index (χ2n) is 6.63. The number of azo groups is 1. The number of nitrogens with zero attached hydrogens (tertiary/aromatic N) is 4. The van der Waals surface area contributed by atoms with Crippen LogP contribution in [0, 0.1) is 4.91 Å². The van der Waals surface area contributed by atoms with Gasteiger partial charge in [0.15, 0.2) is 0 Å². The predicted molar refractivity (Wildman–Crippen MR) is 100 cm³/mol. The fourth-order valence-corrected chi connectivity index (χ4v) is 3.03. The summed E-state index contributed by atoms with van der Waals surface area (Å²) in [5, 5.41) is 20.1. The van der Waals surface area contributed by atoms with E-state index in [0.717, 1.165) is 16.9 Å². The summed E-state index contributed by atoms with van der Waals surface area (Å²) in [6.07, 6.45) is 0. The van der Waals surface area contributed by atoms with Crippen LogP contribution in [-0.2, 0) is 5.41 Å². The summed E-state index contributed by atoms with van der Waals surface area (Å²) in [5.41, 5.74) is 3.69. The van der Waals surface area contributed by atoms with Crippen molar-refractivity contribution in [2.24, 2.45) is 15.4 Å². The summed E-state index contributed by atoms with van der Waals surface area (Å²) < 4.78 is 0. The minimum atomic E-state index is -1.14. The molecule has 0 saturated heterocycles. The van der Waals surface area contributed by atoms with Crippen molar-refractivity contribution < 1.29 is 9.90 Å². The van der Waals surface area contributed by atoms with Gasteiger partial charge in [-0.3, -0.25) is 0 Å². The third-order valence-corrected chi connectivity index (χ3v) is 4.74. The van der Waals surface area contributed by atoms with Gasteiger partial charge in [0.1, 0.15) is 11.4 Å². The molecule has 0 spiro atoms. The average Bonchev–Trinajstić information content (AvgIpc) is 2.80. The van der Waals surface area contributed by atoms with E-state index in [2.05, 4.69) is 40.7 Å². The molecule has 0 saturated carbocycles. The van der Waals surface area contributed by atoms with E-state index in [1.165, 1.54) is 18.2 Å². The molecular formula is C19H18N4O3. The van der Waals surface area contributed by atoms with Crippen molar-refractivity contribution in [3.05, 3.63) is 64.7 Å². The number of anilines is 1. The zero-order chi connectivity index (χ0) is 19.1. The van der Waals surface area contributed by atoms with E-state index < -0.39 is 5.97 Å². The Morgan fingerprint density at radius 1 is 1.12 bits per heavy atom. The molecule has 0 aliphatic carbocycles. The summed E-state index contributed by atoms with van der Waals surface area (Å²) >= 11 is 0. The molecule has 7 nitrogen and oxygen atoms in total. The Kier molecular flexibility index (Phi) is 4.15. The monoisotopic (exact) mass is 350 g/mol. The molecular weight excluding hydrogens is 332 g/mol. The van der Waals surface area contributed by atoms with Crippen LogP contribution in [0.2, 0.25) is 0 Å². The third-order valence-electron chi connectivity index (χ3n) is 4.74. The summed E-state index contributed by atoms with van der Waals surface area (Å²) in [7, 11) is 1.98. The Morgan fingerprint density at radius 2 is 1.85 bits per heavy atom. The Bertz CT molecular complexity index is 963. The van der Waals surface area contributed by atoms with Gasteiger partial charge in [0.25, 0.3) is 0 Å². The molecule has 1 N–H and O–H groups in total. The predicted octanol–water partition coefficient (Wildman–Crippen LogP) is 5.44. The van der Waals surface area contributed by atoms with Crippen LogP contribution in [0.4, 0.5) is 22.7 Å². The Labute approximate surface area is 150 Å². The van der Waals surface area contributed by atoms with Gasteiger partial charge in [0, 0.05) is 23.8 Å². The molecule has 0 amide bonds. The van der Waals surface area contributed by atoms with E-state index in [0.29, 0.717) is 5.69 Å². The third kappa shape index (κ3) is 2.77. The molecule has 1 aliphatic rings. The number of allylic oxidation sites excluding steroid dienone is 1. The zero-order valence-corrected chi connectivity index (χ0v) is 14.7. The number of carboxylic acids is 1. The van der Waals surface area contributed by atoms with E-state index in [-0.39, 0.29) is 22.4 Å². The van der Waals surface area contributed by atoms with Gasteiger partial charge in [-0.2, -0.15) is 5.11 Å². The first-order valence-electron chi connectivity index (χ1n) is 7.96. The van der Waals surface area contributed by atoms with E-state index in [4.69, 9.17) is 5.11 Å². The van der Waals surface area contributed by atoms with Crippen molar-refractivity contribution in [3.63, 3.8) is 0 Å². The van der Waals surface area contributed by atoms with Crippen LogP contribution in [-0.4, -0.2) is 18.1 Å². The van der Waals surface area contributed by atoms with E-state index in [1.54, 1.807) is 0 Å². The number of likely N-dealkylation sites (N-methyl/N-ethyl adjacent to an activating group) is 1. The van der Waals surface area contributed by atoms with Gasteiger partial charge in [-0.05, 0) is 47.1 Å². The van der Waals surface area contributed by atoms with Gasteiger partial charge in [0.05, 0.1) is 11.3 Å². The Hall–Kier alpha value is -3.35. The number of benzene rings is 2. The van der Waals surface area contributed by atoms with Crippen molar-refractivity contribution in [2.45, 2.75) is 19.3 Å². The first kappa shape index (κ1) is 17.5. The van der Waals surface area contributed by atoms with Crippen molar-refractivity contribution >= 4 is 28.7 Å². The van der Waals surface area contributed by atoms with Crippen molar-refractivity contribution in [1.82, 2.24) is 0 Å². The summed E-state index contributed by atoms with van der Waals surface area (Å²) in [6, 6.07) is 9.66. The fraction of sp³-hybridized carbons (Fsp3) is 0.211. The molecule has 1 heterocycles. The maximum Gasteiger partial charge on any atom is 0.335 e. The van der Waals surface area contributed by atoms with Crippen molar-refractivity contribution in [2.75, 3.05) is 11.9 Å². The van der Waals surface area contributed by atoms with Crippen LogP contribution in [0.15, 0.2) is 64.1 Å². The van der Waals surface area contributed by atoms with Gasteiger partial charge in [-0.15, -0.1) is 10.0 Å². The topological polar surface area (TPSA) is 94.7 Å². The number of aromatic carboxylic acids is 1. The largest absolute Gasteiger partial charge is 0.478 e. The van der Waals surface area contributed by atoms with E-state index >= 15 is 0 Å². The van der Waals surface area contributed by atoms with Crippen LogP contribution in [0.1, 0.15) is 29.8 Å². The lowest BCUT2D eigenvalue weighted by molar-refractivity contribution is 0.0697. The number of carbonyl (C=O) groups is 1. The summed E-state index contributed by atoms with van der Waals surface area (Å²) in [4.78, 5) is 24.0. The van der Waals surface area contributed by atoms with E-state index in [1.807, 2.05) is 25.2 Å². The van der Waals surface area contributed by atoms with Crippen LogP contribution in [0.5, 0.6) is 0 Å². The molecule has 2 aromatic carbocycles. The molecule has 0 unspecified atom stereocenters. The van der Waals surface area contributed by atoms with Crippen LogP contribution < -0.4 is 4.90 Å². The second-order valence-corrected chi connectivity index (χ2v) is 6.63. The molecule has 3 rings (SSSR count). The normalized spacial score (nSPS) is 15.3. The lowest BCUT2D eigenvalue weighted by Crippen LogP contribution is -2.21. The summed E-state index contributed by atoms with van der Waals surface area (Å²) in [5.74, 6) is -1.14. The quantitative estimate of drug-likeness (QED) is 0.587. The molecule has 0 aromatic heterocycles. The Morgan fingerprint density at radius 3 is 2.50 bits per heavy atom. The lowest BCUT2D eigenvalue weighted by Gasteiger charge is -2.22. The molecule has 26 heavy (non-hydrogen) atoms. The van der Waals surface area contributed by atoms with Gasteiger partial charge in [0.2, 0.25) is 0 Å². The summed E-state index contributed by atoms with van der Waals surface area (Å²) in [6.45, 7) is 8.34. The number of hydrogen-bond acceptors (Lipinski definition) is 6. The molecule has 1 aliphatic heterocycles. The Balaban J connectivity index is 1.96. The lowest BCUT2D eigenvalue weighted by atomic mass is 9.84. The number of fused-ring (bicyclic) bond motifs is 1. The molecule has 0 bridgehead atoms. The highest BCUT2D eigenvalue weighted by Crippen LogP contribution is 2.47. The van der Waals surface area contributed by atoms with Crippen LogP contribution in [0.3, 0.4) is 0 Å². The molecule has 132 valence electrons. The first-order chi connectivity index (χ1) is 12.3. The SMILES string of the molecule is C=C1N(C)c2ccc(N=Nc3ccc(C(=O)O)cc3N=O)cc2C1(C)C. The molecule has 2 aromatic rings. The minimum Gasteiger partial charge on any atom is -0.478 e. The standard InChI is InChI=1S/C19H18N4O3/c1-11-19(2,3)14-10-13(6-8-17(14)23(11)4)20-21-15-7-5-12(18(24)25)9-16(15)22-26/h5-10H,1H2,2-4H3,(H,24,25). The zero-order valence-electron chi connectivity index (χ0n) is 14.7. The minimum absolute atomic E-state index is 0.0284. The number of carboxylic acid groups (broad SMARTS) is 1. The number of hydrogen-bond donors (Lipinski definition) is 1. The fourth-order valence-electron chi connectivity index (χ4n) is 3.03. The molecule has 0 atom stereocenters. The second kappa shape index (κ2) is 6.18. The van der Waals surface area contributed by atoms with Gasteiger partial charge in [-0.25, -0.2) is 4.79 Å². The van der Waals surface area contributed by atoms with Gasteiger partial charge >= 0.3 is 5.97 Å². The molecule has 0 radical (unpaired) electrons. The highest BCUT2D eigenvalue weighted by Gasteiger charge is 2.37. The van der Waals surface area contributed by atoms with E-state index in [9.17, 15) is 9.70 Å². The van der Waals surface area contributed by atoms with Crippen LogP contribution in [0.25, 0.3) is 0 Å². The number of nitroso groups, excluding NO2 is 1. The van der Waals surface area contributed by atoms with Crippen molar-refractivity contribution in [1.29, 1.82) is 0 Å². The van der Waals surface area contributed by atoms with Gasteiger partial charge < -0.3 is 10.0 Å². The number of rotatable bonds is 4. The first-order valence-corrected chi connectivity index (χ1v) is 7.96. The highest BCUT2D eigenvalue weighted by molar-refractivity contribution is 5.90. The average molecular weight is 350 g/mol. The molecule has 7 heteroatoms. The smallest absolute Gasteiger partial charge is 0.335 e.